The number of ether oxygens (including phenoxy) is 2. The van der Waals surface area contributed by atoms with Gasteiger partial charge in [0.15, 0.2) is 11.5 Å². The predicted molar refractivity (Wildman–Crippen MR) is 80.5 cm³/mol. The van der Waals surface area contributed by atoms with E-state index < -0.39 is 0 Å². The zero-order chi connectivity index (χ0) is 14.2. The number of nitrogens with one attached hydrogen (secondary N) is 1. The molecule has 0 aliphatic carbocycles. The number of rotatable bonds is 7. The Balaban J connectivity index is 1.80. The average Bonchev–Trinajstić information content (AvgIpc) is 2.50. The first kappa shape index (κ1) is 15.0. The molecule has 0 amide bonds. The highest BCUT2D eigenvalue weighted by Gasteiger charge is 2.12. The van der Waals surface area contributed by atoms with E-state index >= 15 is 0 Å². The summed E-state index contributed by atoms with van der Waals surface area (Å²) < 4.78 is 11.1. The molecule has 0 spiro atoms. The van der Waals surface area contributed by atoms with Crippen molar-refractivity contribution in [1.29, 1.82) is 5.26 Å². The first-order valence-corrected chi connectivity index (χ1v) is 7.97. The predicted octanol–water partition coefficient (Wildman–Crippen LogP) is 2.83. The van der Waals surface area contributed by atoms with Crippen LogP contribution in [-0.2, 0) is 0 Å². The molecule has 1 unspecified atom stereocenters. The van der Waals surface area contributed by atoms with Crippen LogP contribution in [-0.4, -0.2) is 31.6 Å². The molecule has 0 bridgehead atoms. The molecule has 1 aliphatic rings. The van der Waals surface area contributed by atoms with Crippen molar-refractivity contribution in [2.45, 2.75) is 30.7 Å². The van der Waals surface area contributed by atoms with Crippen LogP contribution in [0.3, 0.4) is 0 Å². The van der Waals surface area contributed by atoms with E-state index in [1.54, 1.807) is 11.8 Å². The summed E-state index contributed by atoms with van der Waals surface area (Å²) in [6, 6.07) is 8.25. The second-order valence-electron chi connectivity index (χ2n) is 4.58. The van der Waals surface area contributed by atoms with E-state index in [1.807, 2.05) is 18.2 Å². The van der Waals surface area contributed by atoms with Crippen LogP contribution in [0.2, 0.25) is 0 Å². The molecule has 108 valence electrons. The van der Waals surface area contributed by atoms with Gasteiger partial charge in [0.25, 0.3) is 0 Å². The highest BCUT2D eigenvalue weighted by atomic mass is 32.2. The molecule has 1 aromatic rings. The zero-order valence-corrected chi connectivity index (χ0v) is 12.5. The fraction of sp³-hybridized carbons (Fsp3) is 0.533. The second kappa shape index (κ2) is 8.03. The van der Waals surface area contributed by atoms with Crippen molar-refractivity contribution in [2.75, 3.05) is 25.5 Å². The van der Waals surface area contributed by atoms with Crippen molar-refractivity contribution in [1.82, 2.24) is 5.32 Å². The van der Waals surface area contributed by atoms with E-state index in [1.165, 1.54) is 0 Å². The molecule has 1 atom stereocenters. The monoisotopic (exact) mass is 292 g/mol. The van der Waals surface area contributed by atoms with Crippen molar-refractivity contribution >= 4 is 11.8 Å². The molecule has 0 saturated carbocycles. The summed E-state index contributed by atoms with van der Waals surface area (Å²) in [7, 11) is 0. The van der Waals surface area contributed by atoms with Gasteiger partial charge in [-0.15, -0.1) is 11.8 Å². The van der Waals surface area contributed by atoms with Crippen LogP contribution in [0.5, 0.6) is 11.5 Å². The maximum absolute atomic E-state index is 9.05. The summed E-state index contributed by atoms with van der Waals surface area (Å²) >= 11 is 1.74. The van der Waals surface area contributed by atoms with E-state index in [0.717, 1.165) is 41.5 Å². The number of thioether (sulfide) groups is 1. The van der Waals surface area contributed by atoms with E-state index in [2.05, 4.69) is 18.3 Å². The Morgan fingerprint density at radius 2 is 2.15 bits per heavy atom. The molecule has 1 N–H and O–H groups in total. The lowest BCUT2D eigenvalue weighted by atomic mass is 10.2. The minimum absolute atomic E-state index is 0.0559. The number of hydrogen-bond acceptors (Lipinski definition) is 5. The normalized spacial score (nSPS) is 14.6. The van der Waals surface area contributed by atoms with Crippen LogP contribution < -0.4 is 14.8 Å². The Labute approximate surface area is 124 Å². The van der Waals surface area contributed by atoms with Crippen molar-refractivity contribution in [3.8, 4) is 17.6 Å². The van der Waals surface area contributed by atoms with E-state index in [9.17, 15) is 0 Å². The average molecular weight is 292 g/mol. The molecule has 0 saturated heterocycles. The maximum Gasteiger partial charge on any atom is 0.162 e. The number of nitrogens with zero attached hydrogens (tertiary/aromatic N) is 1. The highest BCUT2D eigenvalue weighted by molar-refractivity contribution is 7.99. The molecule has 20 heavy (non-hydrogen) atoms. The van der Waals surface area contributed by atoms with Crippen LogP contribution >= 0.6 is 11.8 Å². The lowest BCUT2D eigenvalue weighted by molar-refractivity contribution is 0.171. The second-order valence-corrected chi connectivity index (χ2v) is 5.75. The van der Waals surface area contributed by atoms with Gasteiger partial charge >= 0.3 is 0 Å². The fourth-order valence-electron chi connectivity index (χ4n) is 1.94. The van der Waals surface area contributed by atoms with Gasteiger partial charge in [0.1, 0.15) is 13.2 Å². The van der Waals surface area contributed by atoms with Gasteiger partial charge in [-0.2, -0.15) is 5.26 Å². The maximum atomic E-state index is 9.05. The molecule has 2 rings (SSSR count). The Kier molecular flexibility index (Phi) is 6.03. The van der Waals surface area contributed by atoms with Crippen LogP contribution in [0.1, 0.15) is 19.8 Å². The van der Waals surface area contributed by atoms with Crippen LogP contribution in [0.25, 0.3) is 0 Å². The Hall–Kier alpha value is -1.38. The number of fused-ring (bicyclic) bond motifs is 1. The topological polar surface area (TPSA) is 54.3 Å². The molecule has 5 heteroatoms. The van der Waals surface area contributed by atoms with E-state index in [-0.39, 0.29) is 6.04 Å². The van der Waals surface area contributed by atoms with Gasteiger partial charge in [0.2, 0.25) is 0 Å². The van der Waals surface area contributed by atoms with Gasteiger partial charge in [-0.3, -0.25) is 0 Å². The van der Waals surface area contributed by atoms with Gasteiger partial charge in [-0.1, -0.05) is 6.92 Å². The summed E-state index contributed by atoms with van der Waals surface area (Å²) in [5.74, 6) is 2.55. The molecule has 0 radical (unpaired) electrons. The molecular weight excluding hydrogens is 272 g/mol. The van der Waals surface area contributed by atoms with Crippen LogP contribution in [0.4, 0.5) is 0 Å². The largest absolute Gasteiger partial charge is 0.486 e. The number of nitriles is 1. The number of benzene rings is 1. The smallest absolute Gasteiger partial charge is 0.162 e. The van der Waals surface area contributed by atoms with Crippen molar-refractivity contribution in [3.63, 3.8) is 0 Å². The van der Waals surface area contributed by atoms with Crippen molar-refractivity contribution in [3.05, 3.63) is 18.2 Å². The minimum atomic E-state index is -0.0559. The molecule has 1 aliphatic heterocycles. The molecular formula is C15H20N2O2S. The zero-order valence-electron chi connectivity index (χ0n) is 11.7. The van der Waals surface area contributed by atoms with Crippen LogP contribution in [0, 0.1) is 11.3 Å². The molecule has 1 aromatic carbocycles. The van der Waals surface area contributed by atoms with Gasteiger partial charge in [-0.25, -0.2) is 0 Å². The summed E-state index contributed by atoms with van der Waals surface area (Å²) in [4.78, 5) is 1.15. The van der Waals surface area contributed by atoms with Crippen molar-refractivity contribution < 1.29 is 9.47 Å². The third-order valence-electron chi connectivity index (χ3n) is 2.99. The van der Waals surface area contributed by atoms with Gasteiger partial charge in [0, 0.05) is 10.6 Å². The summed E-state index contributed by atoms with van der Waals surface area (Å²) in [5.41, 5.74) is 0. The fourth-order valence-corrected chi connectivity index (χ4v) is 2.88. The standard InChI is InChI=1S/C15H20N2O2S/c1-2-6-17-12(11-16)5-9-20-13-3-4-14-15(10-13)19-8-7-18-14/h3-4,10,12,17H,2,5-9H2,1H3. The first-order valence-electron chi connectivity index (χ1n) is 6.99. The van der Waals surface area contributed by atoms with Gasteiger partial charge in [0.05, 0.1) is 12.1 Å². The quantitative estimate of drug-likeness (QED) is 0.783. The Morgan fingerprint density at radius 1 is 1.35 bits per heavy atom. The van der Waals surface area contributed by atoms with Crippen LogP contribution in [0.15, 0.2) is 23.1 Å². The summed E-state index contributed by atoms with van der Waals surface area (Å²) in [6.07, 6.45) is 1.89. The molecule has 0 aromatic heterocycles. The summed E-state index contributed by atoms with van der Waals surface area (Å²) in [6.45, 7) is 4.23. The van der Waals surface area contributed by atoms with Crippen molar-refractivity contribution in [2.24, 2.45) is 0 Å². The molecule has 4 nitrogen and oxygen atoms in total. The van der Waals surface area contributed by atoms with Gasteiger partial charge in [-0.05, 0) is 37.6 Å². The third-order valence-corrected chi connectivity index (χ3v) is 4.01. The SMILES string of the molecule is CCCNC(C#N)CCSc1ccc2c(c1)OCCO2. The third kappa shape index (κ3) is 4.32. The lowest BCUT2D eigenvalue weighted by Crippen LogP contribution is -2.28. The Bertz CT molecular complexity index is 473. The van der Waals surface area contributed by atoms with E-state index in [4.69, 9.17) is 14.7 Å². The van der Waals surface area contributed by atoms with Gasteiger partial charge < -0.3 is 14.8 Å². The molecule has 0 fully saturated rings. The highest BCUT2D eigenvalue weighted by Crippen LogP contribution is 2.34. The lowest BCUT2D eigenvalue weighted by Gasteiger charge is -2.18. The van der Waals surface area contributed by atoms with E-state index in [0.29, 0.717) is 13.2 Å². The first-order chi connectivity index (χ1) is 9.83. The summed E-state index contributed by atoms with van der Waals surface area (Å²) in [5, 5.41) is 12.3. The molecule has 1 heterocycles. The minimum Gasteiger partial charge on any atom is -0.486 e. The Morgan fingerprint density at radius 3 is 2.90 bits per heavy atom. The number of hydrogen-bond donors (Lipinski definition) is 1.